The molecule has 0 aliphatic carbocycles. The number of hydrogen-bond acceptors (Lipinski definition) is 7. The van der Waals surface area contributed by atoms with E-state index in [4.69, 9.17) is 37.4 Å². The lowest BCUT2D eigenvalue weighted by Crippen LogP contribution is -2.31. The summed E-state index contributed by atoms with van der Waals surface area (Å²) in [4.78, 5) is 18.1. The third-order valence-electron chi connectivity index (χ3n) is 6.31. The van der Waals surface area contributed by atoms with Crippen molar-refractivity contribution in [3.63, 3.8) is 0 Å². The summed E-state index contributed by atoms with van der Waals surface area (Å²) in [7, 11) is 3.00. The number of ether oxygens (including phenoxy) is 3. The number of allylic oxidation sites excluding steroid dienone is 1. The summed E-state index contributed by atoms with van der Waals surface area (Å²) < 4.78 is 18.4. The number of amides is 1. The van der Waals surface area contributed by atoms with Gasteiger partial charge in [-0.15, -0.1) is 0 Å². The van der Waals surface area contributed by atoms with Gasteiger partial charge in [0.15, 0.2) is 0 Å². The summed E-state index contributed by atoms with van der Waals surface area (Å²) in [5.41, 5.74) is 3.21. The predicted octanol–water partition coefficient (Wildman–Crippen LogP) is 6.11. The fraction of sp³-hybridized carbons (Fsp3) is 0.179. The molecule has 0 radical (unpaired) electrons. The first-order valence-corrected chi connectivity index (χ1v) is 12.7. The molecule has 1 amide bonds. The Bertz CT molecular complexity index is 1550. The Morgan fingerprint density at radius 2 is 1.77 bits per heavy atom. The third kappa shape index (κ3) is 5.36. The lowest BCUT2D eigenvalue weighted by atomic mass is 9.95. The van der Waals surface area contributed by atoms with Crippen molar-refractivity contribution in [1.82, 2.24) is 14.8 Å². The van der Waals surface area contributed by atoms with Crippen molar-refractivity contribution < 1.29 is 19.0 Å². The van der Waals surface area contributed by atoms with Gasteiger partial charge in [-0.1, -0.05) is 53.5 Å². The first kappa shape index (κ1) is 26.4. The van der Waals surface area contributed by atoms with Crippen LogP contribution in [0.25, 0.3) is 0 Å². The molecule has 9 nitrogen and oxygen atoms in total. The van der Waals surface area contributed by atoms with Crippen LogP contribution in [0.2, 0.25) is 10.0 Å². The maximum atomic E-state index is 13.8. The van der Waals surface area contributed by atoms with Gasteiger partial charge in [-0.25, -0.2) is 4.68 Å². The summed E-state index contributed by atoms with van der Waals surface area (Å²) in [6.07, 6.45) is 1.44. The van der Waals surface area contributed by atoms with E-state index < -0.39 is 6.04 Å². The molecular formula is C28H25Cl2N5O4. The van der Waals surface area contributed by atoms with Gasteiger partial charge in [0, 0.05) is 28.4 Å². The molecule has 0 saturated carbocycles. The zero-order valence-corrected chi connectivity index (χ0v) is 22.9. The van der Waals surface area contributed by atoms with Crippen molar-refractivity contribution >= 4 is 40.7 Å². The highest BCUT2D eigenvalue weighted by atomic mass is 35.5. The van der Waals surface area contributed by atoms with E-state index in [-0.39, 0.29) is 5.91 Å². The van der Waals surface area contributed by atoms with Gasteiger partial charge in [-0.05, 0) is 30.7 Å². The van der Waals surface area contributed by atoms with Crippen molar-refractivity contribution in [2.24, 2.45) is 0 Å². The van der Waals surface area contributed by atoms with E-state index in [1.165, 1.54) is 20.5 Å². The van der Waals surface area contributed by atoms with E-state index in [9.17, 15) is 4.79 Å². The second-order valence-corrected chi connectivity index (χ2v) is 9.50. The number of carbonyl (C=O) groups excluding carboxylic acids is 1. The molecule has 0 bridgehead atoms. The molecule has 2 heterocycles. The standard InChI is InChI=1S/C28H25Cl2N5O4/c1-16-25(27(36)34-22-13-23(37-2)21(30)12-24(22)38-3)26(35-28(33-16)31-15-32-35)17-8-10-19(11-9-17)39-14-18-6-4-5-7-20(18)29/h4-13,15,26H,14H2,1-3H3,(H,34,36)(H,31,32,33)/t26-/m0/s1. The highest BCUT2D eigenvalue weighted by Crippen LogP contribution is 2.39. The second kappa shape index (κ2) is 11.3. The number of aromatic nitrogens is 3. The summed E-state index contributed by atoms with van der Waals surface area (Å²) in [6.45, 7) is 2.15. The molecule has 0 fully saturated rings. The van der Waals surface area contributed by atoms with E-state index in [0.717, 1.165) is 11.1 Å². The van der Waals surface area contributed by atoms with Gasteiger partial charge < -0.3 is 24.8 Å². The summed E-state index contributed by atoms with van der Waals surface area (Å²) >= 11 is 12.5. The summed E-state index contributed by atoms with van der Waals surface area (Å²) in [5.74, 6) is 1.64. The molecule has 0 saturated heterocycles. The summed E-state index contributed by atoms with van der Waals surface area (Å²) in [5, 5.41) is 11.5. The average Bonchev–Trinajstić information content (AvgIpc) is 3.41. The number of nitrogens with zero attached hydrogens (tertiary/aromatic N) is 3. The van der Waals surface area contributed by atoms with Crippen LogP contribution in [0, 0.1) is 0 Å². The van der Waals surface area contributed by atoms with Crippen LogP contribution < -0.4 is 24.8 Å². The van der Waals surface area contributed by atoms with Gasteiger partial charge in [0.25, 0.3) is 5.91 Å². The van der Waals surface area contributed by atoms with Gasteiger partial charge >= 0.3 is 0 Å². The zero-order chi connectivity index (χ0) is 27.5. The SMILES string of the molecule is COc1cc(NC(=O)C2=C(C)Nc3ncnn3[C@H]2c2ccc(OCc3ccccc3Cl)cc2)c(OC)cc1Cl. The van der Waals surface area contributed by atoms with Crippen LogP contribution in [0.1, 0.15) is 24.1 Å². The molecule has 0 spiro atoms. The Labute approximate surface area is 235 Å². The first-order valence-electron chi connectivity index (χ1n) is 12.0. The molecule has 1 aliphatic heterocycles. The number of nitrogens with one attached hydrogen (secondary N) is 2. The monoisotopic (exact) mass is 565 g/mol. The second-order valence-electron chi connectivity index (χ2n) is 8.68. The minimum absolute atomic E-state index is 0.332. The topological polar surface area (TPSA) is 99.5 Å². The van der Waals surface area contributed by atoms with Crippen LogP contribution in [0.4, 0.5) is 11.6 Å². The average molecular weight is 566 g/mol. The normalized spacial score (nSPS) is 14.3. The Morgan fingerprint density at radius 3 is 2.49 bits per heavy atom. The van der Waals surface area contributed by atoms with E-state index >= 15 is 0 Å². The van der Waals surface area contributed by atoms with Crippen LogP contribution >= 0.6 is 23.2 Å². The van der Waals surface area contributed by atoms with E-state index in [0.29, 0.717) is 56.8 Å². The molecule has 200 valence electrons. The number of fused-ring (bicyclic) bond motifs is 1. The number of benzene rings is 3. The zero-order valence-electron chi connectivity index (χ0n) is 21.4. The predicted molar refractivity (Wildman–Crippen MR) is 150 cm³/mol. The number of hydrogen-bond donors (Lipinski definition) is 2. The number of halogens is 2. The minimum Gasteiger partial charge on any atom is -0.495 e. The van der Waals surface area contributed by atoms with Crippen molar-refractivity contribution in [2.75, 3.05) is 24.9 Å². The van der Waals surface area contributed by atoms with E-state index in [2.05, 4.69) is 20.7 Å². The van der Waals surface area contributed by atoms with Crippen molar-refractivity contribution in [2.45, 2.75) is 19.6 Å². The Hall–Kier alpha value is -4.21. The molecular weight excluding hydrogens is 541 g/mol. The number of anilines is 2. The highest BCUT2D eigenvalue weighted by molar-refractivity contribution is 6.32. The number of rotatable bonds is 8. The molecule has 3 aromatic carbocycles. The Balaban J connectivity index is 1.44. The smallest absolute Gasteiger partial charge is 0.255 e. The van der Waals surface area contributed by atoms with Crippen LogP contribution in [0.3, 0.4) is 0 Å². The van der Waals surface area contributed by atoms with Crippen LogP contribution in [-0.4, -0.2) is 34.9 Å². The van der Waals surface area contributed by atoms with Crippen molar-refractivity contribution in [3.8, 4) is 17.2 Å². The maximum Gasteiger partial charge on any atom is 0.255 e. The molecule has 1 atom stereocenters. The van der Waals surface area contributed by atoms with Crippen molar-refractivity contribution in [1.29, 1.82) is 0 Å². The third-order valence-corrected chi connectivity index (χ3v) is 6.97. The van der Waals surface area contributed by atoms with E-state index in [1.807, 2.05) is 55.5 Å². The molecule has 4 aromatic rings. The minimum atomic E-state index is -0.554. The fourth-order valence-corrected chi connectivity index (χ4v) is 4.78. The molecule has 2 N–H and O–H groups in total. The van der Waals surface area contributed by atoms with Crippen LogP contribution in [0.15, 0.2) is 78.3 Å². The quantitative estimate of drug-likeness (QED) is 0.266. The van der Waals surface area contributed by atoms with Crippen molar-refractivity contribution in [3.05, 3.63) is 99.4 Å². The van der Waals surface area contributed by atoms with Gasteiger partial charge in [-0.3, -0.25) is 4.79 Å². The molecule has 0 unspecified atom stereocenters. The molecule has 1 aliphatic rings. The number of methoxy groups -OCH3 is 2. The van der Waals surface area contributed by atoms with Crippen LogP contribution in [-0.2, 0) is 11.4 Å². The van der Waals surface area contributed by atoms with E-state index in [1.54, 1.807) is 16.8 Å². The molecule has 1 aromatic heterocycles. The van der Waals surface area contributed by atoms with Crippen LogP contribution in [0.5, 0.6) is 17.2 Å². The molecule has 5 rings (SSSR count). The van der Waals surface area contributed by atoms with Gasteiger partial charge in [-0.2, -0.15) is 10.1 Å². The Morgan fingerprint density at radius 1 is 1.03 bits per heavy atom. The largest absolute Gasteiger partial charge is 0.495 e. The highest BCUT2D eigenvalue weighted by Gasteiger charge is 2.34. The first-order chi connectivity index (χ1) is 18.9. The summed E-state index contributed by atoms with van der Waals surface area (Å²) in [6, 6.07) is 17.7. The van der Waals surface area contributed by atoms with Gasteiger partial charge in [0.05, 0.1) is 30.5 Å². The number of carbonyl (C=O) groups is 1. The maximum absolute atomic E-state index is 13.8. The fourth-order valence-electron chi connectivity index (χ4n) is 4.36. The molecule has 39 heavy (non-hydrogen) atoms. The van der Waals surface area contributed by atoms with Gasteiger partial charge in [0.2, 0.25) is 5.95 Å². The molecule has 11 heteroatoms. The lowest BCUT2D eigenvalue weighted by Gasteiger charge is -2.29. The lowest BCUT2D eigenvalue weighted by molar-refractivity contribution is -0.113. The van der Waals surface area contributed by atoms with Gasteiger partial charge in [0.1, 0.15) is 36.2 Å². The Kier molecular flexibility index (Phi) is 7.63.